The standard InChI is InChI=1S/C67H119N2O6P/c1-6-8-10-12-14-16-18-20-22-24-26-28-30-32-34-36-38-40-42-44-46-48-50-52-54-56-58-60-66(70)65(64-75-76(72,73)74-63-62-69(3,4)5)68-67(71)61-59-57-55-53-51-49-47-45-43-41-39-37-35-33-31-29-27-25-23-21-19-17-15-13-11-9-7-2/h9,11,15,17,21,23,27,29,33,35,39,41,45,47,50,52,58,60,65-66,70H,6-8,10,12-14,16,18-20,22,24-26,28,30-32,34,36-38,40,42-44,46,48-49,51,53-57,59,61-64H2,1-5H3,(H-,68,71,72,73)/p+1/b11-9-,17-15-,23-21-,29-27-,35-33-,41-39-,47-45-,52-50+,60-58+. The Kier molecular flexibility index (Phi) is 54.7. The van der Waals surface area contributed by atoms with Crippen LogP contribution in [-0.4, -0.2) is 73.4 Å². The molecule has 0 saturated carbocycles. The minimum Gasteiger partial charge on any atom is -0.387 e. The van der Waals surface area contributed by atoms with Crippen LogP contribution in [0.1, 0.15) is 258 Å². The Morgan fingerprint density at radius 1 is 0.461 bits per heavy atom. The van der Waals surface area contributed by atoms with Gasteiger partial charge in [0.25, 0.3) is 0 Å². The average molecular weight is 1080 g/mol. The molecule has 0 rings (SSSR count). The van der Waals surface area contributed by atoms with Gasteiger partial charge in [0, 0.05) is 6.42 Å². The van der Waals surface area contributed by atoms with Gasteiger partial charge in [0.15, 0.2) is 0 Å². The van der Waals surface area contributed by atoms with E-state index in [-0.39, 0.29) is 19.1 Å². The first-order valence-electron chi connectivity index (χ1n) is 31.3. The van der Waals surface area contributed by atoms with Gasteiger partial charge in [-0.05, 0) is 89.9 Å². The molecular formula is C67H120N2O6P+. The molecular weight excluding hydrogens is 960 g/mol. The van der Waals surface area contributed by atoms with Gasteiger partial charge >= 0.3 is 7.82 Å². The number of quaternary nitrogens is 1. The number of phosphoric ester groups is 1. The highest BCUT2D eigenvalue weighted by Crippen LogP contribution is 2.43. The van der Waals surface area contributed by atoms with Crippen LogP contribution in [0.15, 0.2) is 109 Å². The number of nitrogens with zero attached hydrogens (tertiary/aromatic N) is 1. The van der Waals surface area contributed by atoms with Gasteiger partial charge in [-0.2, -0.15) is 0 Å². The molecule has 0 spiro atoms. The molecule has 0 fully saturated rings. The van der Waals surface area contributed by atoms with Crippen molar-refractivity contribution in [3.63, 3.8) is 0 Å². The van der Waals surface area contributed by atoms with Crippen LogP contribution < -0.4 is 5.32 Å². The lowest BCUT2D eigenvalue weighted by molar-refractivity contribution is -0.870. The van der Waals surface area contributed by atoms with Crippen molar-refractivity contribution in [1.29, 1.82) is 0 Å². The highest BCUT2D eigenvalue weighted by molar-refractivity contribution is 7.47. The van der Waals surface area contributed by atoms with Crippen LogP contribution in [-0.2, 0) is 18.4 Å². The second-order valence-corrected chi connectivity index (χ2v) is 23.5. The number of allylic oxidation sites excluding steroid dienone is 17. The molecule has 0 aliphatic heterocycles. The van der Waals surface area contributed by atoms with Crippen LogP contribution in [0.2, 0.25) is 0 Å². The second-order valence-electron chi connectivity index (χ2n) is 22.0. The zero-order valence-electron chi connectivity index (χ0n) is 50.0. The summed E-state index contributed by atoms with van der Waals surface area (Å²) in [5.74, 6) is -0.208. The van der Waals surface area contributed by atoms with Gasteiger partial charge in [-0.1, -0.05) is 271 Å². The van der Waals surface area contributed by atoms with Crippen molar-refractivity contribution < 1.29 is 32.9 Å². The van der Waals surface area contributed by atoms with Gasteiger partial charge < -0.3 is 19.8 Å². The van der Waals surface area contributed by atoms with E-state index in [9.17, 15) is 19.4 Å². The lowest BCUT2D eigenvalue weighted by Gasteiger charge is -2.25. The average Bonchev–Trinajstić information content (AvgIpc) is 3.38. The summed E-state index contributed by atoms with van der Waals surface area (Å²) in [7, 11) is 1.53. The number of carbonyl (C=O) groups is 1. The predicted molar refractivity (Wildman–Crippen MR) is 332 cm³/mol. The largest absolute Gasteiger partial charge is 0.472 e. The molecule has 0 aromatic heterocycles. The monoisotopic (exact) mass is 1080 g/mol. The number of amides is 1. The molecule has 3 N–H and O–H groups in total. The summed E-state index contributed by atoms with van der Waals surface area (Å²) in [5.41, 5.74) is 0. The smallest absolute Gasteiger partial charge is 0.387 e. The number of hydrogen-bond donors (Lipinski definition) is 3. The molecule has 3 atom stereocenters. The van der Waals surface area contributed by atoms with Crippen LogP contribution in [0, 0.1) is 0 Å². The zero-order chi connectivity index (χ0) is 55.6. The van der Waals surface area contributed by atoms with Gasteiger partial charge in [0.05, 0.1) is 39.9 Å². The molecule has 0 aliphatic rings. The number of unbranched alkanes of at least 4 members (excludes halogenated alkanes) is 27. The molecule has 438 valence electrons. The highest BCUT2D eigenvalue weighted by Gasteiger charge is 2.27. The second kappa shape index (κ2) is 56.9. The quantitative estimate of drug-likeness (QED) is 0.0243. The summed E-state index contributed by atoms with van der Waals surface area (Å²) < 4.78 is 23.7. The molecule has 0 aromatic carbocycles. The SMILES string of the molecule is CC/C=C\C/C=C\C/C=C\C/C=C\C/C=C\C/C=C\C/C=C\CCCCCCCC(=O)NC(COP(=O)(O)OCC[N+](C)(C)C)C(O)/C=C/CC/C=C/CCCCCCCCCCCCCCCCCCCCCCC. The molecule has 0 bridgehead atoms. The van der Waals surface area contributed by atoms with Crippen molar-refractivity contribution in [2.75, 3.05) is 40.9 Å². The lowest BCUT2D eigenvalue weighted by atomic mass is 10.0. The fourth-order valence-electron chi connectivity index (χ4n) is 8.63. The molecule has 3 unspecified atom stereocenters. The third kappa shape index (κ3) is 58.8. The number of carbonyl (C=O) groups excluding carboxylic acids is 1. The van der Waals surface area contributed by atoms with E-state index in [0.717, 1.165) is 103 Å². The first-order chi connectivity index (χ1) is 37.0. The van der Waals surface area contributed by atoms with Gasteiger partial charge in [0.1, 0.15) is 13.2 Å². The van der Waals surface area contributed by atoms with E-state index >= 15 is 0 Å². The molecule has 76 heavy (non-hydrogen) atoms. The fraction of sp³-hybridized carbons (Fsp3) is 0.716. The van der Waals surface area contributed by atoms with E-state index < -0.39 is 20.0 Å². The maximum atomic E-state index is 13.0. The van der Waals surface area contributed by atoms with Gasteiger partial charge in [0.2, 0.25) is 5.91 Å². The Labute approximate surface area is 470 Å². The van der Waals surface area contributed by atoms with Crippen molar-refractivity contribution in [2.24, 2.45) is 0 Å². The number of rotatable bonds is 56. The minimum atomic E-state index is -4.37. The van der Waals surface area contributed by atoms with Gasteiger partial charge in [-0.3, -0.25) is 13.8 Å². The van der Waals surface area contributed by atoms with Crippen molar-refractivity contribution in [3.05, 3.63) is 109 Å². The van der Waals surface area contributed by atoms with E-state index in [1.54, 1.807) is 6.08 Å². The fourth-order valence-corrected chi connectivity index (χ4v) is 9.36. The number of likely N-dealkylation sites (N-methyl/N-ethyl adjacent to an activating group) is 1. The maximum absolute atomic E-state index is 13.0. The first-order valence-corrected chi connectivity index (χ1v) is 32.8. The Hall–Kier alpha value is -2.84. The molecule has 1 amide bonds. The molecule has 0 saturated heterocycles. The number of phosphoric acid groups is 1. The van der Waals surface area contributed by atoms with Gasteiger partial charge in [-0.25, -0.2) is 4.57 Å². The van der Waals surface area contributed by atoms with Crippen molar-refractivity contribution in [1.82, 2.24) is 5.32 Å². The predicted octanol–water partition coefficient (Wildman–Crippen LogP) is 19.5. The van der Waals surface area contributed by atoms with E-state index in [1.807, 2.05) is 27.2 Å². The summed E-state index contributed by atoms with van der Waals surface area (Å²) in [6.07, 6.45) is 83.5. The van der Waals surface area contributed by atoms with E-state index in [2.05, 4.69) is 116 Å². The van der Waals surface area contributed by atoms with E-state index in [4.69, 9.17) is 9.05 Å². The number of nitrogens with one attached hydrogen (secondary N) is 1. The molecule has 9 heteroatoms. The Balaban J connectivity index is 4.29. The topological polar surface area (TPSA) is 105 Å². The normalized spacial score (nSPS) is 14.6. The van der Waals surface area contributed by atoms with Crippen LogP contribution in [0.3, 0.4) is 0 Å². The van der Waals surface area contributed by atoms with E-state index in [0.29, 0.717) is 17.4 Å². The van der Waals surface area contributed by atoms with Crippen LogP contribution in [0.4, 0.5) is 0 Å². The summed E-state index contributed by atoms with van der Waals surface area (Å²) in [6, 6.07) is -0.884. The minimum absolute atomic E-state index is 0.0461. The third-order valence-electron chi connectivity index (χ3n) is 13.5. The van der Waals surface area contributed by atoms with Crippen LogP contribution >= 0.6 is 7.82 Å². The summed E-state index contributed by atoms with van der Waals surface area (Å²) in [6.45, 7) is 4.67. The molecule has 0 radical (unpaired) electrons. The van der Waals surface area contributed by atoms with Crippen molar-refractivity contribution >= 4 is 13.7 Å². The van der Waals surface area contributed by atoms with E-state index in [1.165, 1.54) is 135 Å². The molecule has 8 nitrogen and oxygen atoms in total. The molecule has 0 aliphatic carbocycles. The summed E-state index contributed by atoms with van der Waals surface area (Å²) in [4.78, 5) is 23.3. The number of hydrogen-bond acceptors (Lipinski definition) is 5. The Bertz CT molecular complexity index is 1600. The van der Waals surface area contributed by atoms with Crippen molar-refractivity contribution in [2.45, 2.75) is 270 Å². The van der Waals surface area contributed by atoms with Crippen LogP contribution in [0.5, 0.6) is 0 Å². The Morgan fingerprint density at radius 3 is 1.21 bits per heavy atom. The first kappa shape index (κ1) is 73.2. The summed E-state index contributed by atoms with van der Waals surface area (Å²) >= 11 is 0. The van der Waals surface area contributed by atoms with Crippen LogP contribution in [0.25, 0.3) is 0 Å². The van der Waals surface area contributed by atoms with Crippen molar-refractivity contribution in [3.8, 4) is 0 Å². The molecule has 0 aromatic rings. The third-order valence-corrected chi connectivity index (χ3v) is 14.5. The molecule has 0 heterocycles. The zero-order valence-corrected chi connectivity index (χ0v) is 50.9. The Morgan fingerprint density at radius 2 is 0.803 bits per heavy atom. The maximum Gasteiger partial charge on any atom is 0.472 e. The number of aliphatic hydroxyl groups excluding tert-OH is 1. The lowest BCUT2D eigenvalue weighted by Crippen LogP contribution is -2.45. The summed E-state index contributed by atoms with van der Waals surface area (Å²) in [5, 5.41) is 13.9. The number of aliphatic hydroxyl groups is 1. The highest BCUT2D eigenvalue weighted by atomic mass is 31.2. The van der Waals surface area contributed by atoms with Gasteiger partial charge in [-0.15, -0.1) is 0 Å².